The lowest BCUT2D eigenvalue weighted by Crippen LogP contribution is -2.51. The minimum absolute atomic E-state index is 0.00480. The highest BCUT2D eigenvalue weighted by atomic mass is 16.7. The van der Waals surface area contributed by atoms with E-state index in [1.54, 1.807) is 24.3 Å². The van der Waals surface area contributed by atoms with E-state index in [1.807, 2.05) is 66.7 Å². The van der Waals surface area contributed by atoms with Gasteiger partial charge in [0.2, 0.25) is 0 Å². The Kier molecular flexibility index (Phi) is 37.4. The number of ether oxygens (including phenoxy) is 32. The molecule has 149 heavy (non-hydrogen) atoms. The van der Waals surface area contributed by atoms with Gasteiger partial charge in [-0.15, -0.1) is 0 Å². The highest BCUT2D eigenvalue weighted by Crippen LogP contribution is 2.38. The second kappa shape index (κ2) is 52.4. The van der Waals surface area contributed by atoms with Gasteiger partial charge in [0.25, 0.3) is 0 Å². The van der Waals surface area contributed by atoms with Crippen LogP contribution < -0.4 is 28.4 Å². The van der Waals surface area contributed by atoms with E-state index in [-0.39, 0.29) is 135 Å². The predicted octanol–water partition coefficient (Wildman–Crippen LogP) is 9.64. The summed E-state index contributed by atoms with van der Waals surface area (Å²) in [5.41, 5.74) is 5.43. The van der Waals surface area contributed by atoms with Gasteiger partial charge in [-0.3, -0.25) is 0 Å². The van der Waals surface area contributed by atoms with Gasteiger partial charge >= 0.3 is 11.9 Å². The third-order valence-corrected chi connectivity index (χ3v) is 26.5. The first-order chi connectivity index (χ1) is 73.0. The van der Waals surface area contributed by atoms with Crippen LogP contribution in [0.4, 0.5) is 0 Å². The molecule has 0 spiro atoms. The number of fused-ring (bicyclic) bond motifs is 3. The summed E-state index contributed by atoms with van der Waals surface area (Å²) >= 11 is 0. The SMILES string of the molecule is C(OCC(COCC1CO1)(COCC1CO1)COCC1CO1)C1CO1.CC(C)(c1ccc(OCC2CO2)cc1)c1ccc(OCC2CO2)cc1.O=C(OCC1CO1)c1ccc(C(=O)OCC2CO2)cc1.OC(COCC1CO1)C(OCC1CO1)C(O)C(COCC1CO1)OCC1CO1.c1cc(Cc2cccc3ccc(OCC4CO4)cc23)c2cc(OCC3CO3)ccc2c1.c1cc(OCC2CO2)c2ccc(OCC3CO3)cc2c1. The van der Waals surface area contributed by atoms with Crippen LogP contribution >= 0.6 is 0 Å². The van der Waals surface area contributed by atoms with Crippen molar-refractivity contribution in [2.24, 2.45) is 5.41 Å². The van der Waals surface area contributed by atoms with Crippen molar-refractivity contribution in [1.29, 1.82) is 0 Å². The number of aliphatic hydroxyl groups excluding tert-OH is 2. The highest BCUT2D eigenvalue weighted by molar-refractivity contribution is 5.94. The molecule has 9 aromatic carbocycles. The van der Waals surface area contributed by atoms with Crippen LogP contribution in [0.5, 0.6) is 34.5 Å². The molecule has 0 radical (unpaired) electrons. The van der Waals surface area contributed by atoms with Crippen molar-refractivity contribution < 1.29 is 171 Å². The summed E-state index contributed by atoms with van der Waals surface area (Å²) in [6.45, 7) is 26.8. The van der Waals surface area contributed by atoms with Gasteiger partial charge in [0, 0.05) is 10.8 Å². The second-order valence-electron chi connectivity index (χ2n) is 40.4. The number of benzene rings is 9. The summed E-state index contributed by atoms with van der Waals surface area (Å²) < 4.78 is 174. The molecule has 804 valence electrons. The van der Waals surface area contributed by atoms with Crippen LogP contribution in [-0.4, -0.2) is 395 Å². The molecule has 16 fully saturated rings. The standard InChI is InChI=1S/C27H24O4.C21H24O4.C18H30O10.C17H28O8.C16H16O4.C14H14O6/c1-3-18-7-9-22(28-14-24-16-30-24)12-26(18)20(5-1)11-21-6-2-4-19-8-10-23(13-27(19)21)29-15-25-17-31-25;1-21(2,15-3-7-17(8-4-15)22-11-19-13-24-19)16-5-9-18(10-6-16)23-12-20-14-25-20;19-15(9-21-1-11-3-23-11)18(28-8-14-6-26-14)17(20)16(27-7-13-5-25-13)10-22-2-12-4-24-12;1(13-5-22-13)18-9-17(10-19-2-14-6-23-14,11-20-3-15-7-24-15)12-21-4-16-8-25-16;1-2-11-6-12(17-7-13-8-18-13)4-5-15(11)16(3-1)20-10-14-9-19-14;15-13(19-7-11-5-17-11)9-1-2-10(4-3-9)14(16)20-8-12-6-18-12/h1-10,12-13,24-25H,11,14-17H2;3-10,19-20H,11-14H2,1-2H3;11-20H,1-10H2;13-16H,1-12H2;1-6,13-14H,7-10H2;1-4,11-12H,5-8H2. The average Bonchev–Trinajstić information content (AvgIpc) is 1.63. The number of esters is 2. The molecular formula is C113H136O36. The number of aliphatic hydroxyl groups is 2. The molecule has 20 unspecified atom stereocenters. The van der Waals surface area contributed by atoms with Crippen LogP contribution in [0.25, 0.3) is 32.3 Å². The second-order valence-corrected chi connectivity index (χ2v) is 40.4. The molecule has 0 bridgehead atoms. The predicted molar refractivity (Wildman–Crippen MR) is 534 cm³/mol. The Morgan fingerprint density at radius 2 is 0.597 bits per heavy atom. The normalized spacial score (nSPS) is 26.2. The molecule has 0 amide bonds. The monoisotopic (exact) mass is 2070 g/mol. The molecule has 0 aliphatic carbocycles. The molecule has 16 saturated heterocycles. The molecule has 16 aliphatic rings. The topological polar surface area (TPSA) is 423 Å². The number of epoxide rings is 16. The average molecular weight is 2070 g/mol. The minimum Gasteiger partial charge on any atom is -0.491 e. The maximum atomic E-state index is 11.7. The Hall–Kier alpha value is -9.54. The third-order valence-electron chi connectivity index (χ3n) is 26.5. The van der Waals surface area contributed by atoms with Crippen molar-refractivity contribution in [3.8, 4) is 34.5 Å². The fourth-order valence-corrected chi connectivity index (χ4v) is 15.8. The Morgan fingerprint density at radius 3 is 0.980 bits per heavy atom. The summed E-state index contributed by atoms with van der Waals surface area (Å²) in [4.78, 5) is 23.3. The summed E-state index contributed by atoms with van der Waals surface area (Å²) in [6, 6.07) is 60.6. The van der Waals surface area contributed by atoms with Crippen molar-refractivity contribution in [3.63, 3.8) is 0 Å². The van der Waals surface area contributed by atoms with E-state index in [2.05, 4.69) is 105 Å². The van der Waals surface area contributed by atoms with Gasteiger partial charge in [-0.05, 0) is 153 Å². The van der Waals surface area contributed by atoms with Gasteiger partial charge in [0.15, 0.2) is 0 Å². The summed E-state index contributed by atoms with van der Waals surface area (Å²) in [6.07, 6.45) is 0.0652. The van der Waals surface area contributed by atoms with Crippen LogP contribution in [0, 0.1) is 5.41 Å². The fourth-order valence-electron chi connectivity index (χ4n) is 15.8. The number of hydrogen-bond donors (Lipinski definition) is 2. The summed E-state index contributed by atoms with van der Waals surface area (Å²) in [5.74, 6) is 4.49. The Labute approximate surface area is 865 Å². The number of hydrogen-bond acceptors (Lipinski definition) is 36. The van der Waals surface area contributed by atoms with Gasteiger partial charge < -0.3 is 162 Å². The van der Waals surface area contributed by atoms with Gasteiger partial charge in [-0.25, -0.2) is 9.59 Å². The maximum Gasteiger partial charge on any atom is 0.338 e. The van der Waals surface area contributed by atoms with E-state index in [0.717, 1.165) is 118 Å². The van der Waals surface area contributed by atoms with Crippen molar-refractivity contribution in [1.82, 2.24) is 0 Å². The molecule has 36 nitrogen and oxygen atoms in total. The minimum atomic E-state index is -1.10. The highest BCUT2D eigenvalue weighted by Gasteiger charge is 2.42. The number of rotatable bonds is 61. The van der Waals surface area contributed by atoms with Crippen LogP contribution in [-0.2, 0) is 135 Å². The van der Waals surface area contributed by atoms with Crippen molar-refractivity contribution in [2.45, 2.75) is 148 Å². The van der Waals surface area contributed by atoms with E-state index >= 15 is 0 Å². The van der Waals surface area contributed by atoms with Crippen molar-refractivity contribution >= 4 is 44.3 Å². The van der Waals surface area contributed by atoms with Crippen molar-refractivity contribution in [2.75, 3.05) is 251 Å². The molecule has 36 heteroatoms. The van der Waals surface area contributed by atoms with Crippen LogP contribution in [0.1, 0.15) is 56.8 Å². The van der Waals surface area contributed by atoms with E-state index in [9.17, 15) is 19.8 Å². The smallest absolute Gasteiger partial charge is 0.338 e. The lowest BCUT2D eigenvalue weighted by atomic mass is 9.78. The molecule has 2 N–H and O–H groups in total. The number of carbonyl (C=O) groups excluding carboxylic acids is 2. The van der Waals surface area contributed by atoms with Crippen LogP contribution in [0.15, 0.2) is 182 Å². The largest absolute Gasteiger partial charge is 0.491 e. The van der Waals surface area contributed by atoms with Crippen molar-refractivity contribution in [3.05, 3.63) is 215 Å². The van der Waals surface area contributed by atoms with Gasteiger partial charge in [0.05, 0.1) is 215 Å². The maximum absolute atomic E-state index is 11.7. The lowest BCUT2D eigenvalue weighted by Gasteiger charge is -2.32. The first-order valence-electron chi connectivity index (χ1n) is 51.9. The Bertz CT molecular complexity index is 5370. The zero-order valence-corrected chi connectivity index (χ0v) is 84.2. The quantitative estimate of drug-likeness (QED) is 0.0264. The van der Waals surface area contributed by atoms with E-state index in [0.29, 0.717) is 170 Å². The van der Waals surface area contributed by atoms with E-state index in [1.165, 1.54) is 43.8 Å². The molecule has 0 aromatic heterocycles. The fraction of sp³-hybridized carbons (Fsp3) is 0.558. The third kappa shape index (κ3) is 37.1. The molecule has 16 heterocycles. The molecule has 9 aromatic rings. The Morgan fingerprint density at radius 1 is 0.295 bits per heavy atom. The molecular weight excluding hydrogens is 1930 g/mol. The van der Waals surface area contributed by atoms with Crippen LogP contribution in [0.3, 0.4) is 0 Å². The van der Waals surface area contributed by atoms with E-state index in [4.69, 9.17) is 152 Å². The molecule has 20 atom stereocenters. The van der Waals surface area contributed by atoms with Crippen LogP contribution in [0.2, 0.25) is 0 Å². The summed E-state index contributed by atoms with van der Waals surface area (Å²) in [5, 5.41) is 28.6. The molecule has 0 saturated carbocycles. The summed E-state index contributed by atoms with van der Waals surface area (Å²) in [7, 11) is 0. The Balaban J connectivity index is 0.000000109. The first-order valence-corrected chi connectivity index (χ1v) is 51.9. The van der Waals surface area contributed by atoms with Gasteiger partial charge in [-0.1, -0.05) is 98.8 Å². The lowest BCUT2D eigenvalue weighted by molar-refractivity contribution is -0.171. The zero-order valence-electron chi connectivity index (χ0n) is 84.2. The number of carbonyl (C=O) groups is 2. The first kappa shape index (κ1) is 106. The molecule has 25 rings (SSSR count). The molecule has 16 aliphatic heterocycles. The van der Waals surface area contributed by atoms with Gasteiger partial charge in [-0.2, -0.15) is 0 Å². The van der Waals surface area contributed by atoms with E-state index < -0.39 is 36.4 Å². The zero-order chi connectivity index (χ0) is 102. The van der Waals surface area contributed by atoms with Gasteiger partial charge in [0.1, 0.15) is 209 Å².